The summed E-state index contributed by atoms with van der Waals surface area (Å²) in [5.74, 6) is 1.36. The van der Waals surface area contributed by atoms with Gasteiger partial charge in [0.05, 0.1) is 7.11 Å². The zero-order valence-corrected chi connectivity index (χ0v) is 11.5. The van der Waals surface area contributed by atoms with Gasteiger partial charge in [0.15, 0.2) is 5.78 Å². The summed E-state index contributed by atoms with van der Waals surface area (Å²) in [5, 5.41) is 0. The Labute approximate surface area is 114 Å². The van der Waals surface area contributed by atoms with Crippen molar-refractivity contribution in [3.8, 4) is 5.75 Å². The molecule has 1 aliphatic heterocycles. The molecule has 102 valence electrons. The van der Waals surface area contributed by atoms with Gasteiger partial charge in [0.2, 0.25) is 0 Å². The molecule has 0 saturated carbocycles. The fraction of sp³-hybridized carbons (Fsp3) is 0.562. The first-order valence-corrected chi connectivity index (χ1v) is 7.22. The first-order valence-electron chi connectivity index (χ1n) is 7.22. The van der Waals surface area contributed by atoms with Gasteiger partial charge in [-0.1, -0.05) is 12.1 Å². The van der Waals surface area contributed by atoms with Crippen molar-refractivity contribution in [1.29, 1.82) is 0 Å². The van der Waals surface area contributed by atoms with Crippen molar-refractivity contribution in [2.24, 2.45) is 5.92 Å². The van der Waals surface area contributed by atoms with E-state index in [4.69, 9.17) is 4.74 Å². The number of ketones is 1. The van der Waals surface area contributed by atoms with Crippen LogP contribution in [0.15, 0.2) is 18.2 Å². The van der Waals surface area contributed by atoms with Gasteiger partial charge >= 0.3 is 0 Å². The Morgan fingerprint density at radius 2 is 2.11 bits per heavy atom. The van der Waals surface area contributed by atoms with Crippen LogP contribution in [-0.2, 0) is 6.42 Å². The minimum absolute atomic E-state index is 0.178. The summed E-state index contributed by atoms with van der Waals surface area (Å²) in [5.41, 5.74) is 1.99. The van der Waals surface area contributed by atoms with Crippen LogP contribution >= 0.6 is 0 Å². The van der Waals surface area contributed by atoms with Crippen LogP contribution in [0, 0.1) is 5.92 Å². The number of fused-ring (bicyclic) bond motifs is 1. The van der Waals surface area contributed by atoms with Gasteiger partial charge in [0.25, 0.3) is 0 Å². The highest BCUT2D eigenvalue weighted by molar-refractivity contribution is 6.01. The molecule has 0 aromatic heterocycles. The average molecular weight is 259 g/mol. The highest BCUT2D eigenvalue weighted by Gasteiger charge is 2.30. The largest absolute Gasteiger partial charge is 0.496 e. The number of rotatable bonds is 3. The number of hydrogen-bond donors (Lipinski definition) is 0. The third kappa shape index (κ3) is 2.39. The molecule has 1 aliphatic carbocycles. The van der Waals surface area contributed by atoms with Gasteiger partial charge in [-0.25, -0.2) is 0 Å². The molecule has 1 saturated heterocycles. The van der Waals surface area contributed by atoms with Crippen LogP contribution in [0.5, 0.6) is 5.75 Å². The number of nitrogens with zero attached hydrogens (tertiary/aromatic N) is 1. The molecule has 0 amide bonds. The minimum Gasteiger partial charge on any atom is -0.496 e. The van der Waals surface area contributed by atoms with E-state index in [-0.39, 0.29) is 5.92 Å². The second-order valence-electron chi connectivity index (χ2n) is 5.59. The molecule has 0 spiro atoms. The summed E-state index contributed by atoms with van der Waals surface area (Å²) in [4.78, 5) is 15.0. The Bertz CT molecular complexity index is 478. The predicted octanol–water partition coefficient (Wildman–Crippen LogP) is 2.54. The van der Waals surface area contributed by atoms with E-state index >= 15 is 0 Å². The number of carbonyl (C=O) groups excluding carboxylic acids is 1. The van der Waals surface area contributed by atoms with Crippen LogP contribution in [-0.4, -0.2) is 37.4 Å². The highest BCUT2D eigenvalue weighted by Crippen LogP contribution is 2.32. The Kier molecular flexibility index (Phi) is 3.56. The highest BCUT2D eigenvalue weighted by atomic mass is 16.5. The van der Waals surface area contributed by atoms with Gasteiger partial charge in [-0.3, -0.25) is 4.79 Å². The van der Waals surface area contributed by atoms with Crippen molar-refractivity contribution in [3.05, 3.63) is 29.3 Å². The summed E-state index contributed by atoms with van der Waals surface area (Å²) in [7, 11) is 1.68. The molecule has 0 bridgehead atoms. The molecular formula is C16H21NO2. The minimum atomic E-state index is 0.178. The lowest BCUT2D eigenvalue weighted by molar-refractivity contribution is 0.0867. The van der Waals surface area contributed by atoms with Crippen LogP contribution < -0.4 is 4.74 Å². The number of Topliss-reactive ketones (excluding diaryl/α,β-unsaturated/α-hetero) is 1. The van der Waals surface area contributed by atoms with Crippen molar-refractivity contribution in [2.45, 2.75) is 25.7 Å². The van der Waals surface area contributed by atoms with E-state index < -0.39 is 0 Å². The number of methoxy groups -OCH3 is 1. The lowest BCUT2D eigenvalue weighted by Gasteiger charge is -2.28. The van der Waals surface area contributed by atoms with Crippen LogP contribution in [0.3, 0.4) is 0 Å². The smallest absolute Gasteiger partial charge is 0.167 e. The molecule has 1 unspecified atom stereocenters. The second kappa shape index (κ2) is 5.33. The summed E-state index contributed by atoms with van der Waals surface area (Å²) in [6, 6.07) is 5.83. The lowest BCUT2D eigenvalue weighted by atomic mass is 9.82. The van der Waals surface area contributed by atoms with E-state index in [0.717, 1.165) is 49.4 Å². The molecule has 1 atom stereocenters. The van der Waals surface area contributed by atoms with Crippen LogP contribution in [0.4, 0.5) is 0 Å². The standard InChI is InChI=1S/C16H21NO2/c1-19-15-6-4-5-14-13(15)8-7-12(16(14)18)11-17-9-2-3-10-17/h4-6,12H,2-3,7-11H2,1H3. The normalized spacial score (nSPS) is 23.4. The Morgan fingerprint density at radius 3 is 2.84 bits per heavy atom. The number of benzene rings is 1. The van der Waals surface area contributed by atoms with Gasteiger partial charge < -0.3 is 9.64 Å². The molecule has 19 heavy (non-hydrogen) atoms. The van der Waals surface area contributed by atoms with E-state index in [9.17, 15) is 4.79 Å². The maximum atomic E-state index is 12.6. The van der Waals surface area contributed by atoms with Crippen LogP contribution in [0.25, 0.3) is 0 Å². The number of ether oxygens (including phenoxy) is 1. The molecular weight excluding hydrogens is 238 g/mol. The molecule has 1 aromatic rings. The number of hydrogen-bond acceptors (Lipinski definition) is 3. The molecule has 3 nitrogen and oxygen atoms in total. The Morgan fingerprint density at radius 1 is 1.32 bits per heavy atom. The van der Waals surface area contributed by atoms with E-state index in [1.165, 1.54) is 12.8 Å². The van der Waals surface area contributed by atoms with Crippen molar-refractivity contribution >= 4 is 5.78 Å². The molecule has 1 aromatic carbocycles. The fourth-order valence-corrected chi connectivity index (χ4v) is 3.37. The van der Waals surface area contributed by atoms with Gasteiger partial charge in [-0.15, -0.1) is 0 Å². The van der Waals surface area contributed by atoms with Crippen molar-refractivity contribution < 1.29 is 9.53 Å². The molecule has 3 rings (SSSR count). The lowest BCUT2D eigenvalue weighted by Crippen LogP contribution is -2.34. The van der Waals surface area contributed by atoms with Crippen molar-refractivity contribution in [2.75, 3.05) is 26.7 Å². The Hall–Kier alpha value is -1.35. The van der Waals surface area contributed by atoms with E-state index in [1.54, 1.807) is 7.11 Å². The zero-order valence-electron chi connectivity index (χ0n) is 11.5. The van der Waals surface area contributed by atoms with Crippen LogP contribution in [0.1, 0.15) is 35.2 Å². The summed E-state index contributed by atoms with van der Waals surface area (Å²) < 4.78 is 5.37. The average Bonchev–Trinajstić information content (AvgIpc) is 2.94. The first kappa shape index (κ1) is 12.7. The Balaban J connectivity index is 1.79. The quantitative estimate of drug-likeness (QED) is 0.835. The van der Waals surface area contributed by atoms with Gasteiger partial charge in [0, 0.05) is 23.6 Å². The van der Waals surface area contributed by atoms with Gasteiger partial charge in [0.1, 0.15) is 5.75 Å². The fourth-order valence-electron chi connectivity index (χ4n) is 3.37. The second-order valence-corrected chi connectivity index (χ2v) is 5.59. The molecule has 2 aliphatic rings. The van der Waals surface area contributed by atoms with Gasteiger partial charge in [-0.05, 0) is 44.8 Å². The van der Waals surface area contributed by atoms with Crippen molar-refractivity contribution in [3.63, 3.8) is 0 Å². The van der Waals surface area contributed by atoms with Gasteiger partial charge in [-0.2, -0.15) is 0 Å². The third-order valence-electron chi connectivity index (χ3n) is 4.41. The SMILES string of the molecule is COc1cccc2c1CCC(CN1CCCC1)C2=O. The van der Waals surface area contributed by atoms with Crippen molar-refractivity contribution in [1.82, 2.24) is 4.90 Å². The van der Waals surface area contributed by atoms with E-state index in [0.29, 0.717) is 5.78 Å². The number of likely N-dealkylation sites (tertiary alicyclic amines) is 1. The molecule has 3 heteroatoms. The zero-order chi connectivity index (χ0) is 13.2. The molecule has 0 N–H and O–H groups in total. The predicted molar refractivity (Wildman–Crippen MR) is 74.8 cm³/mol. The summed E-state index contributed by atoms with van der Waals surface area (Å²) in [6.07, 6.45) is 4.49. The summed E-state index contributed by atoms with van der Waals surface area (Å²) >= 11 is 0. The first-order chi connectivity index (χ1) is 9.29. The molecule has 1 heterocycles. The topological polar surface area (TPSA) is 29.5 Å². The monoisotopic (exact) mass is 259 g/mol. The maximum Gasteiger partial charge on any atom is 0.167 e. The molecule has 1 fully saturated rings. The van der Waals surface area contributed by atoms with E-state index in [2.05, 4.69) is 4.90 Å². The molecule has 0 radical (unpaired) electrons. The number of carbonyl (C=O) groups is 1. The maximum absolute atomic E-state index is 12.6. The third-order valence-corrected chi connectivity index (χ3v) is 4.41. The van der Waals surface area contributed by atoms with Crippen LogP contribution in [0.2, 0.25) is 0 Å². The van der Waals surface area contributed by atoms with E-state index in [1.807, 2.05) is 18.2 Å². The summed E-state index contributed by atoms with van der Waals surface area (Å²) in [6.45, 7) is 3.26.